The molecule has 5 unspecified atom stereocenters. The molecule has 2 bridgehead atoms. The number of aryl methyl sites for hydroxylation is 1. The van der Waals surface area contributed by atoms with Crippen LogP contribution in [0, 0.1) is 23.7 Å². The Balaban J connectivity index is 1.58. The molecule has 0 spiro atoms. The number of nitrogens with zero attached hydrogens (tertiary/aromatic N) is 3. The van der Waals surface area contributed by atoms with Crippen molar-refractivity contribution in [3.63, 3.8) is 0 Å². The first-order chi connectivity index (χ1) is 9.21. The van der Waals surface area contributed by atoms with Crippen LogP contribution >= 0.6 is 0 Å². The lowest BCUT2D eigenvalue weighted by Gasteiger charge is -2.40. The van der Waals surface area contributed by atoms with Crippen molar-refractivity contribution in [3.8, 4) is 0 Å². The van der Waals surface area contributed by atoms with Crippen molar-refractivity contribution in [2.24, 2.45) is 29.4 Å². The molecule has 3 saturated carbocycles. The quantitative estimate of drug-likeness (QED) is 0.904. The highest BCUT2D eigenvalue weighted by Crippen LogP contribution is 2.62. The Morgan fingerprint density at radius 3 is 3.11 bits per heavy atom. The van der Waals surface area contributed by atoms with Crippen molar-refractivity contribution in [1.82, 2.24) is 14.8 Å². The van der Waals surface area contributed by atoms with Crippen molar-refractivity contribution in [1.29, 1.82) is 0 Å². The van der Waals surface area contributed by atoms with Gasteiger partial charge in [0.15, 0.2) is 0 Å². The van der Waals surface area contributed by atoms with E-state index in [0.717, 1.165) is 42.5 Å². The first kappa shape index (κ1) is 11.9. The molecular weight excluding hydrogens is 236 g/mol. The highest BCUT2D eigenvalue weighted by atomic mass is 15.3. The molecule has 1 aromatic rings. The maximum Gasteiger partial charge on any atom is 0.138 e. The highest BCUT2D eigenvalue weighted by molar-refractivity contribution is 5.15. The molecule has 3 aliphatic carbocycles. The van der Waals surface area contributed by atoms with Crippen molar-refractivity contribution >= 4 is 0 Å². The molecule has 4 nitrogen and oxygen atoms in total. The summed E-state index contributed by atoms with van der Waals surface area (Å²) < 4.78 is 2.01. The summed E-state index contributed by atoms with van der Waals surface area (Å²) in [5.74, 6) is 4.66. The first-order valence-electron chi connectivity index (χ1n) is 7.87. The zero-order chi connectivity index (χ0) is 13.0. The average molecular weight is 260 g/mol. The molecule has 19 heavy (non-hydrogen) atoms. The standard InChI is InChI=1S/C15H24N4/c1-2-19-14(17-9-18-19)8-15(16)7-10-6-13(15)12-5-3-4-11(10)12/h9-13H,2-8,16H2,1H3. The fourth-order valence-electron chi connectivity index (χ4n) is 5.50. The third-order valence-corrected chi connectivity index (χ3v) is 6.17. The summed E-state index contributed by atoms with van der Waals surface area (Å²) in [6.45, 7) is 3.01. The zero-order valence-electron chi connectivity index (χ0n) is 11.8. The summed E-state index contributed by atoms with van der Waals surface area (Å²) in [6.07, 6.45) is 9.52. The van der Waals surface area contributed by atoms with Crippen LogP contribution in [-0.2, 0) is 13.0 Å². The Hall–Kier alpha value is -0.900. The van der Waals surface area contributed by atoms with E-state index in [2.05, 4.69) is 17.0 Å². The average Bonchev–Trinajstić information content (AvgIpc) is 3.08. The van der Waals surface area contributed by atoms with Gasteiger partial charge in [0.05, 0.1) is 0 Å². The van der Waals surface area contributed by atoms with E-state index in [4.69, 9.17) is 5.73 Å². The second-order valence-electron chi connectivity index (χ2n) is 6.97. The summed E-state index contributed by atoms with van der Waals surface area (Å²) in [4.78, 5) is 4.44. The molecule has 3 fully saturated rings. The van der Waals surface area contributed by atoms with Crippen LogP contribution in [0.3, 0.4) is 0 Å². The summed E-state index contributed by atoms with van der Waals surface area (Å²) in [7, 11) is 0. The summed E-state index contributed by atoms with van der Waals surface area (Å²) in [5.41, 5.74) is 6.83. The van der Waals surface area contributed by atoms with Gasteiger partial charge in [-0.15, -0.1) is 0 Å². The molecule has 0 aliphatic heterocycles. The lowest BCUT2D eigenvalue weighted by Crippen LogP contribution is -2.51. The number of aromatic nitrogens is 3. The third-order valence-electron chi connectivity index (χ3n) is 6.17. The van der Waals surface area contributed by atoms with Gasteiger partial charge < -0.3 is 5.73 Å². The molecule has 2 N–H and O–H groups in total. The van der Waals surface area contributed by atoms with Gasteiger partial charge in [-0.1, -0.05) is 6.42 Å². The van der Waals surface area contributed by atoms with E-state index in [1.54, 1.807) is 6.33 Å². The maximum absolute atomic E-state index is 6.83. The Morgan fingerprint density at radius 2 is 2.26 bits per heavy atom. The van der Waals surface area contributed by atoms with E-state index in [9.17, 15) is 0 Å². The van der Waals surface area contributed by atoms with Crippen LogP contribution in [0.15, 0.2) is 6.33 Å². The van der Waals surface area contributed by atoms with E-state index in [-0.39, 0.29) is 5.54 Å². The van der Waals surface area contributed by atoms with Crippen LogP contribution in [0.25, 0.3) is 0 Å². The lowest BCUT2D eigenvalue weighted by molar-refractivity contribution is 0.153. The molecule has 4 heteroatoms. The van der Waals surface area contributed by atoms with Gasteiger partial charge in [0.25, 0.3) is 0 Å². The predicted octanol–water partition coefficient (Wildman–Crippen LogP) is 1.99. The number of nitrogens with two attached hydrogens (primary N) is 1. The number of hydrogen-bond donors (Lipinski definition) is 1. The largest absolute Gasteiger partial charge is 0.324 e. The monoisotopic (exact) mass is 260 g/mol. The van der Waals surface area contributed by atoms with Crippen LogP contribution in [0.5, 0.6) is 0 Å². The fraction of sp³-hybridized carbons (Fsp3) is 0.867. The molecule has 0 saturated heterocycles. The van der Waals surface area contributed by atoms with E-state index in [1.807, 2.05) is 4.68 Å². The van der Waals surface area contributed by atoms with Gasteiger partial charge in [0.1, 0.15) is 12.2 Å². The van der Waals surface area contributed by atoms with E-state index in [0.29, 0.717) is 0 Å². The van der Waals surface area contributed by atoms with Crippen LogP contribution in [0.2, 0.25) is 0 Å². The Bertz CT molecular complexity index is 482. The third kappa shape index (κ3) is 1.62. The molecule has 0 radical (unpaired) electrons. The fourth-order valence-corrected chi connectivity index (χ4v) is 5.50. The minimum absolute atomic E-state index is 0.00384. The zero-order valence-corrected chi connectivity index (χ0v) is 11.8. The van der Waals surface area contributed by atoms with Crippen LogP contribution in [0.4, 0.5) is 0 Å². The number of fused-ring (bicyclic) bond motifs is 5. The molecule has 104 valence electrons. The molecule has 5 atom stereocenters. The molecule has 0 amide bonds. The van der Waals surface area contributed by atoms with Crippen LogP contribution in [-0.4, -0.2) is 20.3 Å². The predicted molar refractivity (Wildman–Crippen MR) is 73.4 cm³/mol. The number of hydrogen-bond acceptors (Lipinski definition) is 3. The second-order valence-corrected chi connectivity index (χ2v) is 6.97. The SMILES string of the molecule is CCn1ncnc1CC1(N)CC2CC1C1CCCC21. The maximum atomic E-state index is 6.83. The van der Waals surface area contributed by atoms with Gasteiger partial charge >= 0.3 is 0 Å². The molecule has 1 heterocycles. The molecule has 3 aliphatic rings. The van der Waals surface area contributed by atoms with Crippen molar-refractivity contribution in [2.45, 2.75) is 57.5 Å². The van der Waals surface area contributed by atoms with Crippen LogP contribution < -0.4 is 5.73 Å². The minimum Gasteiger partial charge on any atom is -0.324 e. The summed E-state index contributed by atoms with van der Waals surface area (Å²) >= 11 is 0. The van der Waals surface area contributed by atoms with E-state index < -0.39 is 0 Å². The van der Waals surface area contributed by atoms with Gasteiger partial charge in [-0.3, -0.25) is 4.68 Å². The summed E-state index contributed by atoms with van der Waals surface area (Å²) in [5, 5.41) is 4.29. The van der Waals surface area contributed by atoms with Crippen molar-refractivity contribution < 1.29 is 0 Å². The van der Waals surface area contributed by atoms with Gasteiger partial charge in [0.2, 0.25) is 0 Å². The second kappa shape index (κ2) is 4.05. The highest BCUT2D eigenvalue weighted by Gasteiger charge is 2.59. The minimum atomic E-state index is -0.00384. The van der Waals surface area contributed by atoms with Gasteiger partial charge in [-0.2, -0.15) is 5.10 Å². The molecular formula is C15H24N4. The smallest absolute Gasteiger partial charge is 0.138 e. The van der Waals surface area contributed by atoms with E-state index in [1.165, 1.54) is 32.1 Å². The normalized spacial score (nSPS) is 43.9. The van der Waals surface area contributed by atoms with Crippen molar-refractivity contribution in [2.75, 3.05) is 0 Å². The molecule has 0 aromatic carbocycles. The van der Waals surface area contributed by atoms with Gasteiger partial charge in [-0.25, -0.2) is 4.98 Å². The first-order valence-corrected chi connectivity index (χ1v) is 7.87. The van der Waals surface area contributed by atoms with Gasteiger partial charge in [0, 0.05) is 18.5 Å². The molecule has 1 aromatic heterocycles. The lowest BCUT2D eigenvalue weighted by atomic mass is 9.70. The Kier molecular flexibility index (Phi) is 2.53. The molecule has 4 rings (SSSR count). The van der Waals surface area contributed by atoms with Crippen LogP contribution in [0.1, 0.15) is 44.9 Å². The van der Waals surface area contributed by atoms with Crippen molar-refractivity contribution in [3.05, 3.63) is 12.2 Å². The Morgan fingerprint density at radius 1 is 1.42 bits per heavy atom. The Labute approximate surface area is 114 Å². The van der Waals surface area contributed by atoms with Gasteiger partial charge in [-0.05, 0) is 56.3 Å². The number of rotatable bonds is 3. The summed E-state index contributed by atoms with van der Waals surface area (Å²) in [6, 6.07) is 0. The topological polar surface area (TPSA) is 56.7 Å². The van der Waals surface area contributed by atoms with E-state index >= 15 is 0 Å².